The van der Waals surface area contributed by atoms with Crippen LogP contribution in [0.4, 0.5) is 0 Å². The van der Waals surface area contributed by atoms with Gasteiger partial charge in [0.05, 0.1) is 16.9 Å². The van der Waals surface area contributed by atoms with Crippen molar-refractivity contribution >= 4 is 16.9 Å². The number of aryl methyl sites for hydroxylation is 1. The summed E-state index contributed by atoms with van der Waals surface area (Å²) in [6.07, 6.45) is 2.18. The maximum Gasteiger partial charge on any atom is 0.121 e. The van der Waals surface area contributed by atoms with Gasteiger partial charge in [0.2, 0.25) is 0 Å². The van der Waals surface area contributed by atoms with Crippen molar-refractivity contribution in [3.05, 3.63) is 24.0 Å². The van der Waals surface area contributed by atoms with E-state index >= 15 is 0 Å². The lowest BCUT2D eigenvalue weighted by atomic mass is 10.1. The summed E-state index contributed by atoms with van der Waals surface area (Å²) in [4.78, 5) is 9.72. The molecule has 0 aliphatic carbocycles. The number of rotatable bonds is 2. The minimum atomic E-state index is 0.243. The molecule has 106 valence electrons. The minimum absolute atomic E-state index is 0.243. The van der Waals surface area contributed by atoms with Gasteiger partial charge in [-0.2, -0.15) is 0 Å². The summed E-state index contributed by atoms with van der Waals surface area (Å²) in [5.41, 5.74) is 2.00. The number of nitrogens with one attached hydrogen (secondary N) is 2. The zero-order valence-corrected chi connectivity index (χ0v) is 11.9. The standard InChI is InChI=1S/C15H20N4O/c1-10(16)19-7-5-12(6-8-19)20-13-3-4-14-15(9-13)18-11(2)17-14/h3-4,9,12,16H,5-8H2,1-2H3,(H,17,18). The molecule has 3 rings (SSSR count). The number of amidine groups is 1. The lowest BCUT2D eigenvalue weighted by Crippen LogP contribution is -2.40. The molecule has 5 heteroatoms. The smallest absolute Gasteiger partial charge is 0.121 e. The summed E-state index contributed by atoms with van der Waals surface area (Å²) in [5, 5.41) is 7.64. The molecule has 0 bridgehead atoms. The van der Waals surface area contributed by atoms with Crippen molar-refractivity contribution in [3.63, 3.8) is 0 Å². The van der Waals surface area contributed by atoms with Crippen molar-refractivity contribution in [3.8, 4) is 5.75 Å². The first-order valence-corrected chi connectivity index (χ1v) is 7.05. The third-order valence-corrected chi connectivity index (χ3v) is 3.79. The molecule has 1 fully saturated rings. The van der Waals surface area contributed by atoms with Crippen LogP contribution in [0, 0.1) is 12.3 Å². The summed E-state index contributed by atoms with van der Waals surface area (Å²) in [6, 6.07) is 5.99. The van der Waals surface area contributed by atoms with Crippen LogP contribution in [0.25, 0.3) is 11.0 Å². The molecule has 2 N–H and O–H groups in total. The first-order chi connectivity index (χ1) is 9.61. The fourth-order valence-corrected chi connectivity index (χ4v) is 2.69. The van der Waals surface area contributed by atoms with Crippen molar-refractivity contribution < 1.29 is 4.74 Å². The monoisotopic (exact) mass is 272 g/mol. The van der Waals surface area contributed by atoms with E-state index < -0.39 is 0 Å². The van der Waals surface area contributed by atoms with E-state index in [1.807, 2.05) is 32.0 Å². The Labute approximate surface area is 118 Å². The van der Waals surface area contributed by atoms with E-state index in [4.69, 9.17) is 10.1 Å². The number of piperidine rings is 1. The molecular weight excluding hydrogens is 252 g/mol. The Morgan fingerprint density at radius 1 is 1.40 bits per heavy atom. The number of benzene rings is 1. The Bertz CT molecular complexity index is 626. The van der Waals surface area contributed by atoms with Crippen LogP contribution in [-0.2, 0) is 0 Å². The molecule has 0 radical (unpaired) electrons. The Balaban J connectivity index is 1.66. The first-order valence-electron chi connectivity index (χ1n) is 7.05. The second-order valence-electron chi connectivity index (χ2n) is 5.39. The predicted octanol–water partition coefficient (Wildman–Crippen LogP) is 2.71. The van der Waals surface area contributed by atoms with Crippen LogP contribution >= 0.6 is 0 Å². The lowest BCUT2D eigenvalue weighted by Gasteiger charge is -2.32. The quantitative estimate of drug-likeness (QED) is 0.652. The van der Waals surface area contributed by atoms with E-state index in [0.717, 1.165) is 48.5 Å². The Hall–Kier alpha value is -2.04. The SMILES string of the molecule is CC(=N)N1CCC(Oc2ccc3nc(C)[nH]c3c2)CC1. The molecule has 1 aromatic carbocycles. The van der Waals surface area contributed by atoms with Gasteiger partial charge in [0.15, 0.2) is 0 Å². The molecule has 2 heterocycles. The van der Waals surface area contributed by atoms with E-state index in [-0.39, 0.29) is 6.10 Å². The van der Waals surface area contributed by atoms with E-state index in [9.17, 15) is 0 Å². The summed E-state index contributed by atoms with van der Waals surface area (Å²) >= 11 is 0. The van der Waals surface area contributed by atoms with Gasteiger partial charge in [0.25, 0.3) is 0 Å². The number of H-pyrrole nitrogens is 1. The Morgan fingerprint density at radius 2 is 2.15 bits per heavy atom. The maximum absolute atomic E-state index is 7.64. The number of hydrogen-bond acceptors (Lipinski definition) is 3. The minimum Gasteiger partial charge on any atom is -0.490 e. The topological polar surface area (TPSA) is 65.0 Å². The predicted molar refractivity (Wildman–Crippen MR) is 79.5 cm³/mol. The van der Waals surface area contributed by atoms with Crippen molar-refractivity contribution in [2.24, 2.45) is 0 Å². The van der Waals surface area contributed by atoms with Gasteiger partial charge in [-0.15, -0.1) is 0 Å². The van der Waals surface area contributed by atoms with Crippen molar-refractivity contribution in [1.82, 2.24) is 14.9 Å². The fourth-order valence-electron chi connectivity index (χ4n) is 2.69. The average Bonchev–Trinajstić information content (AvgIpc) is 2.78. The van der Waals surface area contributed by atoms with Crippen LogP contribution in [-0.4, -0.2) is 39.9 Å². The summed E-state index contributed by atoms with van der Waals surface area (Å²) in [7, 11) is 0. The van der Waals surface area contributed by atoms with Gasteiger partial charge in [-0.3, -0.25) is 5.41 Å². The second kappa shape index (κ2) is 5.15. The highest BCUT2D eigenvalue weighted by Gasteiger charge is 2.20. The van der Waals surface area contributed by atoms with Crippen LogP contribution < -0.4 is 4.74 Å². The molecular formula is C15H20N4O. The van der Waals surface area contributed by atoms with E-state index in [0.29, 0.717) is 5.84 Å². The number of nitrogens with zero attached hydrogens (tertiary/aromatic N) is 2. The number of ether oxygens (including phenoxy) is 1. The van der Waals surface area contributed by atoms with Gasteiger partial charge in [0.1, 0.15) is 17.7 Å². The summed E-state index contributed by atoms with van der Waals surface area (Å²) < 4.78 is 6.06. The number of likely N-dealkylation sites (tertiary alicyclic amines) is 1. The van der Waals surface area contributed by atoms with Gasteiger partial charge in [-0.1, -0.05) is 0 Å². The highest BCUT2D eigenvalue weighted by molar-refractivity contribution is 5.77. The van der Waals surface area contributed by atoms with Crippen LogP contribution in [0.5, 0.6) is 5.75 Å². The normalized spacial score (nSPS) is 16.6. The molecule has 1 aliphatic rings. The van der Waals surface area contributed by atoms with Crippen molar-refractivity contribution in [2.75, 3.05) is 13.1 Å². The van der Waals surface area contributed by atoms with E-state index in [1.54, 1.807) is 0 Å². The largest absolute Gasteiger partial charge is 0.490 e. The van der Waals surface area contributed by atoms with Crippen LogP contribution in [0.1, 0.15) is 25.6 Å². The number of fused-ring (bicyclic) bond motifs is 1. The number of hydrogen-bond donors (Lipinski definition) is 2. The van der Waals surface area contributed by atoms with Crippen LogP contribution in [0.2, 0.25) is 0 Å². The molecule has 0 spiro atoms. The highest BCUT2D eigenvalue weighted by atomic mass is 16.5. The first kappa shape index (κ1) is 13.0. The summed E-state index contributed by atoms with van der Waals surface area (Å²) in [5.74, 6) is 2.47. The van der Waals surface area contributed by atoms with Gasteiger partial charge in [-0.25, -0.2) is 4.98 Å². The molecule has 2 aromatic rings. The van der Waals surface area contributed by atoms with Gasteiger partial charge >= 0.3 is 0 Å². The highest BCUT2D eigenvalue weighted by Crippen LogP contribution is 2.23. The molecule has 1 saturated heterocycles. The number of aromatic amines is 1. The zero-order valence-electron chi connectivity index (χ0n) is 11.9. The van der Waals surface area contributed by atoms with Gasteiger partial charge in [-0.05, 0) is 26.0 Å². The molecule has 20 heavy (non-hydrogen) atoms. The number of imidazole rings is 1. The fraction of sp³-hybridized carbons (Fsp3) is 0.467. The molecule has 0 amide bonds. The van der Waals surface area contributed by atoms with E-state index in [1.165, 1.54) is 0 Å². The van der Waals surface area contributed by atoms with Crippen LogP contribution in [0.3, 0.4) is 0 Å². The lowest BCUT2D eigenvalue weighted by molar-refractivity contribution is 0.130. The number of aromatic nitrogens is 2. The maximum atomic E-state index is 7.64. The molecule has 0 unspecified atom stereocenters. The Kier molecular flexibility index (Phi) is 3.34. The third kappa shape index (κ3) is 2.61. The second-order valence-corrected chi connectivity index (χ2v) is 5.39. The van der Waals surface area contributed by atoms with Gasteiger partial charge in [0, 0.05) is 32.0 Å². The van der Waals surface area contributed by atoms with E-state index in [2.05, 4.69) is 14.9 Å². The van der Waals surface area contributed by atoms with Crippen molar-refractivity contribution in [1.29, 1.82) is 5.41 Å². The molecule has 0 atom stereocenters. The Morgan fingerprint density at radius 3 is 2.85 bits per heavy atom. The van der Waals surface area contributed by atoms with Gasteiger partial charge < -0.3 is 14.6 Å². The molecule has 0 saturated carbocycles. The zero-order chi connectivity index (χ0) is 14.1. The summed E-state index contributed by atoms with van der Waals surface area (Å²) in [6.45, 7) is 5.61. The molecule has 5 nitrogen and oxygen atoms in total. The van der Waals surface area contributed by atoms with Crippen LogP contribution in [0.15, 0.2) is 18.2 Å². The molecule has 1 aromatic heterocycles. The third-order valence-electron chi connectivity index (χ3n) is 3.79. The molecule has 1 aliphatic heterocycles. The average molecular weight is 272 g/mol. The van der Waals surface area contributed by atoms with Crippen molar-refractivity contribution in [2.45, 2.75) is 32.8 Å².